The fourth-order valence-corrected chi connectivity index (χ4v) is 3.15. The zero-order valence-corrected chi connectivity index (χ0v) is 14.2. The van der Waals surface area contributed by atoms with Gasteiger partial charge >= 0.3 is 5.69 Å². The maximum Gasteiger partial charge on any atom is 0.329 e. The molecule has 3 heterocycles. The number of nitrogens with one attached hydrogen (secondary N) is 1. The minimum Gasteiger partial charge on any atom is -0.378 e. The highest BCUT2D eigenvalue weighted by Gasteiger charge is 2.23. The van der Waals surface area contributed by atoms with Gasteiger partial charge in [0.1, 0.15) is 5.82 Å². The minimum absolute atomic E-state index is 0.318. The van der Waals surface area contributed by atoms with E-state index in [2.05, 4.69) is 9.97 Å². The number of aromatic nitrogens is 4. The molecule has 136 valence electrons. The SMILES string of the molecule is Cn1c(=O)[nH]c(=O)c2c1nc(N1CCOCC1)n2Cc1ccc(F)cc1. The lowest BCUT2D eigenvalue weighted by Crippen LogP contribution is -2.38. The van der Waals surface area contributed by atoms with Crippen molar-refractivity contribution in [3.05, 3.63) is 56.5 Å². The van der Waals surface area contributed by atoms with Crippen LogP contribution in [0, 0.1) is 5.82 Å². The Bertz CT molecular complexity index is 1060. The number of ether oxygens (including phenoxy) is 1. The van der Waals surface area contributed by atoms with Crippen LogP contribution in [0.1, 0.15) is 5.56 Å². The van der Waals surface area contributed by atoms with Crippen molar-refractivity contribution in [2.75, 3.05) is 31.2 Å². The first-order chi connectivity index (χ1) is 12.5. The molecule has 1 saturated heterocycles. The molecule has 9 heteroatoms. The van der Waals surface area contributed by atoms with Crippen molar-refractivity contribution in [1.82, 2.24) is 19.1 Å². The average molecular weight is 359 g/mol. The first-order valence-corrected chi connectivity index (χ1v) is 8.31. The number of imidazole rings is 1. The molecule has 2 aromatic heterocycles. The molecule has 8 nitrogen and oxygen atoms in total. The van der Waals surface area contributed by atoms with E-state index >= 15 is 0 Å². The van der Waals surface area contributed by atoms with E-state index < -0.39 is 11.2 Å². The summed E-state index contributed by atoms with van der Waals surface area (Å²) in [5.74, 6) is 0.275. The van der Waals surface area contributed by atoms with Crippen LogP contribution in [0.4, 0.5) is 10.3 Å². The number of aromatic amines is 1. The van der Waals surface area contributed by atoms with Gasteiger partial charge in [0.25, 0.3) is 5.56 Å². The largest absolute Gasteiger partial charge is 0.378 e. The zero-order valence-electron chi connectivity index (χ0n) is 14.2. The van der Waals surface area contributed by atoms with Gasteiger partial charge in [-0.3, -0.25) is 18.9 Å². The Hall–Kier alpha value is -2.94. The minimum atomic E-state index is -0.512. The lowest BCUT2D eigenvalue weighted by Gasteiger charge is -2.28. The number of morpholine rings is 1. The maximum atomic E-state index is 13.2. The van der Waals surface area contributed by atoms with Gasteiger partial charge < -0.3 is 9.64 Å². The Kier molecular flexibility index (Phi) is 4.08. The third-order valence-electron chi connectivity index (χ3n) is 4.53. The van der Waals surface area contributed by atoms with Crippen LogP contribution in [0.25, 0.3) is 11.2 Å². The van der Waals surface area contributed by atoms with Crippen LogP contribution in [0.3, 0.4) is 0 Å². The molecule has 1 aliphatic heterocycles. The van der Waals surface area contributed by atoms with Gasteiger partial charge in [0.15, 0.2) is 11.2 Å². The summed E-state index contributed by atoms with van der Waals surface area (Å²) < 4.78 is 21.7. The van der Waals surface area contributed by atoms with E-state index in [0.29, 0.717) is 50.0 Å². The van der Waals surface area contributed by atoms with Crippen molar-refractivity contribution >= 4 is 17.1 Å². The van der Waals surface area contributed by atoms with Crippen LogP contribution in [0.15, 0.2) is 33.9 Å². The van der Waals surface area contributed by atoms with Crippen molar-refractivity contribution in [2.45, 2.75) is 6.54 Å². The standard InChI is InChI=1S/C17H18FN5O3/c1-21-14-13(15(24)20-17(21)25)23(10-11-2-4-12(18)5-3-11)16(19-14)22-6-8-26-9-7-22/h2-5H,6-10H2,1H3,(H,20,24,25). The van der Waals surface area contributed by atoms with Crippen molar-refractivity contribution in [2.24, 2.45) is 7.05 Å². The highest BCUT2D eigenvalue weighted by atomic mass is 19.1. The third-order valence-corrected chi connectivity index (χ3v) is 4.53. The molecular formula is C17H18FN5O3. The predicted octanol–water partition coefficient (Wildman–Crippen LogP) is 0.447. The van der Waals surface area contributed by atoms with Crippen LogP contribution in [0.2, 0.25) is 0 Å². The molecule has 0 radical (unpaired) electrons. The average Bonchev–Trinajstić information content (AvgIpc) is 3.02. The second-order valence-corrected chi connectivity index (χ2v) is 6.21. The number of fused-ring (bicyclic) bond motifs is 1. The fraction of sp³-hybridized carbons (Fsp3) is 0.353. The van der Waals surface area contributed by atoms with E-state index in [0.717, 1.165) is 5.56 Å². The van der Waals surface area contributed by atoms with Gasteiger partial charge in [0.2, 0.25) is 5.95 Å². The third kappa shape index (κ3) is 2.80. The Balaban J connectivity index is 1.91. The number of aryl methyl sites for hydroxylation is 1. The molecule has 1 N–H and O–H groups in total. The number of nitrogens with zero attached hydrogens (tertiary/aromatic N) is 4. The molecule has 0 atom stereocenters. The molecule has 0 aliphatic carbocycles. The quantitative estimate of drug-likeness (QED) is 0.734. The number of anilines is 1. The normalized spacial score (nSPS) is 14.9. The molecule has 26 heavy (non-hydrogen) atoms. The lowest BCUT2D eigenvalue weighted by molar-refractivity contribution is 0.121. The molecule has 0 spiro atoms. The number of hydrogen-bond acceptors (Lipinski definition) is 5. The van der Waals surface area contributed by atoms with Gasteiger partial charge in [0.05, 0.1) is 19.8 Å². The van der Waals surface area contributed by atoms with Gasteiger partial charge in [-0.2, -0.15) is 4.98 Å². The highest BCUT2D eigenvalue weighted by Crippen LogP contribution is 2.22. The van der Waals surface area contributed by atoms with E-state index in [4.69, 9.17) is 4.74 Å². The van der Waals surface area contributed by atoms with E-state index in [9.17, 15) is 14.0 Å². The molecule has 0 saturated carbocycles. The molecule has 4 rings (SSSR count). The topological polar surface area (TPSA) is 85.2 Å². The van der Waals surface area contributed by atoms with Crippen molar-refractivity contribution < 1.29 is 9.13 Å². The van der Waals surface area contributed by atoms with Crippen molar-refractivity contribution in [3.8, 4) is 0 Å². The molecule has 3 aromatic rings. The van der Waals surface area contributed by atoms with Crippen LogP contribution in [0.5, 0.6) is 0 Å². The molecule has 0 bridgehead atoms. The smallest absolute Gasteiger partial charge is 0.329 e. The maximum absolute atomic E-state index is 13.2. The van der Waals surface area contributed by atoms with Crippen LogP contribution < -0.4 is 16.1 Å². The van der Waals surface area contributed by atoms with Gasteiger partial charge in [-0.05, 0) is 17.7 Å². The Morgan fingerprint density at radius 3 is 2.58 bits per heavy atom. The summed E-state index contributed by atoms with van der Waals surface area (Å²) in [7, 11) is 1.57. The Morgan fingerprint density at radius 2 is 1.88 bits per heavy atom. The van der Waals surface area contributed by atoms with Gasteiger partial charge in [-0.1, -0.05) is 12.1 Å². The number of halogens is 1. The van der Waals surface area contributed by atoms with Gasteiger partial charge in [-0.15, -0.1) is 0 Å². The van der Waals surface area contributed by atoms with E-state index in [-0.39, 0.29) is 5.82 Å². The van der Waals surface area contributed by atoms with E-state index in [1.165, 1.54) is 16.7 Å². The predicted molar refractivity (Wildman–Crippen MR) is 94.1 cm³/mol. The number of hydrogen-bond donors (Lipinski definition) is 1. The highest BCUT2D eigenvalue weighted by molar-refractivity contribution is 5.74. The van der Waals surface area contributed by atoms with Crippen molar-refractivity contribution in [1.29, 1.82) is 0 Å². The second-order valence-electron chi connectivity index (χ2n) is 6.21. The summed E-state index contributed by atoms with van der Waals surface area (Å²) in [5.41, 5.74) is 0.466. The summed E-state index contributed by atoms with van der Waals surface area (Å²) in [4.78, 5) is 33.3. The summed E-state index contributed by atoms with van der Waals surface area (Å²) in [5, 5.41) is 0. The lowest BCUT2D eigenvalue weighted by atomic mass is 10.2. The van der Waals surface area contributed by atoms with Crippen LogP contribution in [-0.4, -0.2) is 45.4 Å². The number of rotatable bonds is 3. The summed E-state index contributed by atoms with van der Waals surface area (Å²) in [6.07, 6.45) is 0. The second kappa shape index (κ2) is 6.41. The summed E-state index contributed by atoms with van der Waals surface area (Å²) in [6.45, 7) is 2.74. The first-order valence-electron chi connectivity index (χ1n) is 8.31. The monoisotopic (exact) mass is 359 g/mol. The first kappa shape index (κ1) is 16.5. The molecular weight excluding hydrogens is 341 g/mol. The molecule has 1 aromatic carbocycles. The molecule has 1 aliphatic rings. The molecule has 1 fully saturated rings. The Labute approximate surface area is 147 Å². The zero-order chi connectivity index (χ0) is 18.3. The van der Waals surface area contributed by atoms with E-state index in [1.807, 2.05) is 4.90 Å². The number of H-pyrrole nitrogens is 1. The van der Waals surface area contributed by atoms with Gasteiger partial charge in [0, 0.05) is 20.1 Å². The number of benzene rings is 1. The van der Waals surface area contributed by atoms with Crippen LogP contribution in [-0.2, 0) is 18.3 Å². The fourth-order valence-electron chi connectivity index (χ4n) is 3.15. The molecule has 0 amide bonds. The summed E-state index contributed by atoms with van der Waals surface area (Å²) >= 11 is 0. The van der Waals surface area contributed by atoms with Crippen LogP contribution >= 0.6 is 0 Å². The summed E-state index contributed by atoms with van der Waals surface area (Å²) in [6, 6.07) is 6.09. The van der Waals surface area contributed by atoms with E-state index in [1.54, 1.807) is 23.7 Å². The van der Waals surface area contributed by atoms with Crippen molar-refractivity contribution in [3.63, 3.8) is 0 Å². The van der Waals surface area contributed by atoms with Gasteiger partial charge in [-0.25, -0.2) is 9.18 Å². The molecule has 0 unspecified atom stereocenters. The Morgan fingerprint density at radius 1 is 1.19 bits per heavy atom.